The Labute approximate surface area is 173 Å². The molecule has 0 bridgehead atoms. The van der Waals surface area contributed by atoms with Crippen molar-refractivity contribution in [3.05, 3.63) is 17.5 Å². The van der Waals surface area contributed by atoms with E-state index in [1.807, 2.05) is 0 Å². The number of carbonyl (C=O) groups is 3. The van der Waals surface area contributed by atoms with Gasteiger partial charge in [0, 0.05) is 32.6 Å². The van der Waals surface area contributed by atoms with Crippen molar-refractivity contribution < 1.29 is 27.5 Å². The third kappa shape index (κ3) is 5.32. The first-order valence-corrected chi connectivity index (χ1v) is 11.7. The molecule has 0 saturated carbocycles. The summed E-state index contributed by atoms with van der Waals surface area (Å²) in [6, 6.07) is 3.16. The number of hydrogen-bond donors (Lipinski definition) is 2. The van der Waals surface area contributed by atoms with Gasteiger partial charge in [0.15, 0.2) is 0 Å². The van der Waals surface area contributed by atoms with Gasteiger partial charge in [0.25, 0.3) is 10.0 Å². The zero-order valence-electron chi connectivity index (χ0n) is 15.8. The molecule has 0 radical (unpaired) electrons. The van der Waals surface area contributed by atoms with Crippen LogP contribution >= 0.6 is 11.3 Å². The van der Waals surface area contributed by atoms with Gasteiger partial charge in [-0.05, 0) is 24.3 Å². The van der Waals surface area contributed by atoms with E-state index < -0.39 is 28.1 Å². The maximum Gasteiger partial charge on any atom is 0.309 e. The van der Waals surface area contributed by atoms with E-state index in [9.17, 15) is 22.8 Å². The van der Waals surface area contributed by atoms with Crippen molar-refractivity contribution in [3.8, 4) is 0 Å². The molecule has 1 unspecified atom stereocenters. The number of nitrogens with one attached hydrogen (secondary N) is 2. The maximum absolute atomic E-state index is 12.6. The lowest BCUT2D eigenvalue weighted by Crippen LogP contribution is -2.47. The number of amides is 3. The molecule has 3 amide bonds. The molecule has 12 heteroatoms. The molecule has 2 N–H and O–H groups in total. The van der Waals surface area contributed by atoms with Crippen LogP contribution in [-0.2, 0) is 29.1 Å². The molecule has 2 aliphatic rings. The molecule has 0 spiro atoms. The van der Waals surface area contributed by atoms with Crippen molar-refractivity contribution >= 4 is 39.1 Å². The van der Waals surface area contributed by atoms with Crippen LogP contribution < -0.4 is 10.6 Å². The Morgan fingerprint density at radius 2 is 2.03 bits per heavy atom. The van der Waals surface area contributed by atoms with Crippen LogP contribution in [0.3, 0.4) is 0 Å². The van der Waals surface area contributed by atoms with Gasteiger partial charge in [-0.3, -0.25) is 14.4 Å². The summed E-state index contributed by atoms with van der Waals surface area (Å²) in [6.45, 7) is 1.83. The number of sulfonamides is 1. The quantitative estimate of drug-likeness (QED) is 0.405. The minimum atomic E-state index is -3.70. The van der Waals surface area contributed by atoms with Crippen LogP contribution in [-0.4, -0.2) is 80.9 Å². The Bertz CT molecular complexity index is 842. The molecule has 0 aromatic carbocycles. The molecule has 3 heterocycles. The summed E-state index contributed by atoms with van der Waals surface area (Å²) in [4.78, 5) is 37.1. The molecule has 1 atom stereocenters. The molecule has 1 aromatic heterocycles. The summed E-state index contributed by atoms with van der Waals surface area (Å²) in [5, 5.41) is 6.59. The predicted octanol–water partition coefficient (Wildman–Crippen LogP) is -0.660. The van der Waals surface area contributed by atoms with E-state index in [-0.39, 0.29) is 36.4 Å². The van der Waals surface area contributed by atoms with Gasteiger partial charge < -0.3 is 20.3 Å². The van der Waals surface area contributed by atoms with E-state index in [0.29, 0.717) is 19.4 Å². The van der Waals surface area contributed by atoms with Crippen molar-refractivity contribution in [3.63, 3.8) is 0 Å². The lowest BCUT2D eigenvalue weighted by atomic mass is 10.3. The average molecular weight is 445 g/mol. The van der Waals surface area contributed by atoms with Crippen LogP contribution in [0.15, 0.2) is 21.7 Å². The lowest BCUT2D eigenvalue weighted by molar-refractivity contribution is -0.139. The molecule has 1 aromatic rings. The minimum absolute atomic E-state index is 0.118. The first-order valence-electron chi connectivity index (χ1n) is 9.40. The second-order valence-electron chi connectivity index (χ2n) is 6.68. The first-order chi connectivity index (χ1) is 13.9. The van der Waals surface area contributed by atoms with Crippen molar-refractivity contribution in [1.29, 1.82) is 0 Å². The van der Waals surface area contributed by atoms with E-state index >= 15 is 0 Å². The maximum atomic E-state index is 12.6. The third-order valence-electron chi connectivity index (χ3n) is 4.71. The number of nitrogens with zero attached hydrogens (tertiary/aromatic N) is 2. The highest BCUT2D eigenvalue weighted by Crippen LogP contribution is 2.25. The van der Waals surface area contributed by atoms with E-state index in [0.717, 1.165) is 24.3 Å². The van der Waals surface area contributed by atoms with Gasteiger partial charge in [-0.25, -0.2) is 8.42 Å². The van der Waals surface area contributed by atoms with E-state index in [1.54, 1.807) is 16.3 Å². The number of ether oxygens (including phenoxy) is 1. The molecular formula is C17H24N4O6S2. The minimum Gasteiger partial charge on any atom is -0.359 e. The van der Waals surface area contributed by atoms with Crippen molar-refractivity contribution in [2.24, 2.45) is 0 Å². The van der Waals surface area contributed by atoms with Crippen LogP contribution in [0.5, 0.6) is 0 Å². The largest absolute Gasteiger partial charge is 0.359 e. The fraction of sp³-hybridized carbons (Fsp3) is 0.588. The molecule has 10 nitrogen and oxygen atoms in total. The molecule has 2 aliphatic heterocycles. The van der Waals surface area contributed by atoms with Crippen molar-refractivity contribution in [2.45, 2.75) is 29.7 Å². The summed E-state index contributed by atoms with van der Waals surface area (Å²) in [5.74, 6) is -1.54. The second-order valence-corrected chi connectivity index (χ2v) is 9.74. The molecule has 2 fully saturated rings. The van der Waals surface area contributed by atoms with Gasteiger partial charge in [-0.15, -0.1) is 11.3 Å². The topological polar surface area (TPSA) is 125 Å². The van der Waals surface area contributed by atoms with Crippen molar-refractivity contribution in [2.75, 3.05) is 39.3 Å². The molecule has 3 rings (SSSR count). The van der Waals surface area contributed by atoms with E-state index in [1.165, 1.54) is 10.4 Å². The highest BCUT2D eigenvalue weighted by Gasteiger charge is 2.37. The Morgan fingerprint density at radius 3 is 2.72 bits per heavy atom. The standard InChI is InChI=1S/C17H24N4O6S2/c22-13-4-1-7-20(13)8-3-6-18-16(23)17(24)19-12-14-21(9-10-27-14)29(25,26)15-5-2-11-28-15/h2,5,11,14H,1,3-4,6-10,12H2,(H,18,23)(H,19,24). The Hall–Kier alpha value is -2.02. The Balaban J connectivity index is 1.41. The Morgan fingerprint density at radius 1 is 1.24 bits per heavy atom. The highest BCUT2D eigenvalue weighted by atomic mass is 32.2. The second kappa shape index (κ2) is 9.65. The summed E-state index contributed by atoms with van der Waals surface area (Å²) in [6.07, 6.45) is 1.12. The summed E-state index contributed by atoms with van der Waals surface area (Å²) in [7, 11) is -3.70. The fourth-order valence-corrected chi connectivity index (χ4v) is 5.85. The third-order valence-corrected chi connectivity index (χ3v) is 7.97. The number of thiophene rings is 1. The van der Waals surface area contributed by atoms with Crippen LogP contribution in [0.25, 0.3) is 0 Å². The molecule has 2 saturated heterocycles. The lowest BCUT2D eigenvalue weighted by Gasteiger charge is -2.22. The Kier molecular flexibility index (Phi) is 7.22. The number of hydrogen-bond acceptors (Lipinski definition) is 7. The summed E-state index contributed by atoms with van der Waals surface area (Å²) in [5.41, 5.74) is 0. The summed E-state index contributed by atoms with van der Waals surface area (Å²) >= 11 is 1.11. The van der Waals surface area contributed by atoms with Crippen LogP contribution in [0.4, 0.5) is 0 Å². The zero-order valence-corrected chi connectivity index (χ0v) is 17.5. The zero-order chi connectivity index (χ0) is 20.9. The molecular weight excluding hydrogens is 420 g/mol. The van der Waals surface area contributed by atoms with Crippen LogP contribution in [0.1, 0.15) is 19.3 Å². The summed E-state index contributed by atoms with van der Waals surface area (Å²) < 4.78 is 32.1. The van der Waals surface area contributed by atoms with E-state index in [2.05, 4.69) is 10.6 Å². The van der Waals surface area contributed by atoms with E-state index in [4.69, 9.17) is 4.74 Å². The monoisotopic (exact) mass is 444 g/mol. The predicted molar refractivity (Wildman–Crippen MR) is 104 cm³/mol. The van der Waals surface area contributed by atoms with Crippen LogP contribution in [0.2, 0.25) is 0 Å². The first kappa shape index (κ1) is 21.7. The van der Waals surface area contributed by atoms with Gasteiger partial charge in [0.05, 0.1) is 13.2 Å². The fourth-order valence-electron chi connectivity index (χ4n) is 3.22. The normalized spacial score (nSPS) is 20.2. The number of rotatable bonds is 8. The van der Waals surface area contributed by atoms with Gasteiger partial charge in [-0.2, -0.15) is 4.31 Å². The average Bonchev–Trinajstić information content (AvgIpc) is 3.45. The van der Waals surface area contributed by atoms with Crippen molar-refractivity contribution in [1.82, 2.24) is 19.8 Å². The van der Waals surface area contributed by atoms with Gasteiger partial charge in [0.2, 0.25) is 5.91 Å². The van der Waals surface area contributed by atoms with Gasteiger partial charge >= 0.3 is 11.8 Å². The van der Waals surface area contributed by atoms with Crippen LogP contribution in [0, 0.1) is 0 Å². The molecule has 160 valence electrons. The number of likely N-dealkylation sites (tertiary alicyclic amines) is 1. The van der Waals surface area contributed by atoms with Gasteiger partial charge in [0.1, 0.15) is 10.4 Å². The smallest absolute Gasteiger partial charge is 0.309 e. The van der Waals surface area contributed by atoms with Gasteiger partial charge in [-0.1, -0.05) is 6.07 Å². The number of carbonyl (C=O) groups excluding carboxylic acids is 3. The molecule has 0 aliphatic carbocycles. The molecule has 29 heavy (non-hydrogen) atoms. The SMILES string of the molecule is O=C(NCCCN1CCCC1=O)C(=O)NCC1OCCN1S(=O)(=O)c1cccs1. The highest BCUT2D eigenvalue weighted by molar-refractivity contribution is 7.91.